The van der Waals surface area contributed by atoms with E-state index in [2.05, 4.69) is 39.8 Å². The molecule has 0 saturated heterocycles. The molecule has 0 aromatic carbocycles. The van der Waals surface area contributed by atoms with Crippen LogP contribution in [-0.2, 0) is 4.74 Å². The Morgan fingerprint density at radius 1 is 1.00 bits per heavy atom. The van der Waals surface area contributed by atoms with Gasteiger partial charge in [-0.2, -0.15) is 4.91 Å². The Kier molecular flexibility index (Phi) is 6.63. The van der Waals surface area contributed by atoms with Gasteiger partial charge in [-0.3, -0.25) is 0 Å². The molecule has 0 N–H and O–H groups in total. The molecule has 0 bridgehead atoms. The van der Waals surface area contributed by atoms with Gasteiger partial charge in [0.25, 0.3) is 0 Å². The lowest BCUT2D eigenvalue weighted by molar-refractivity contribution is -0.0630. The van der Waals surface area contributed by atoms with E-state index in [1.807, 2.05) is 0 Å². The number of nitrogens with zero attached hydrogens (tertiary/aromatic N) is 1. The molecule has 4 aliphatic rings. The van der Waals surface area contributed by atoms with Crippen molar-refractivity contribution >= 4 is 0 Å². The number of hydrogen-bond donors (Lipinski definition) is 0. The third kappa shape index (κ3) is 3.80. The molecule has 0 spiro atoms. The average Bonchev–Trinajstić information content (AvgIpc) is 3.09. The van der Waals surface area contributed by atoms with Crippen molar-refractivity contribution in [2.45, 2.75) is 111 Å². The highest BCUT2D eigenvalue weighted by Gasteiger charge is 2.60. The number of hydrogen-bond acceptors (Lipinski definition) is 3. The van der Waals surface area contributed by atoms with Gasteiger partial charge in [0.05, 0.1) is 7.11 Å². The lowest BCUT2D eigenvalue weighted by Crippen LogP contribution is -2.51. The van der Waals surface area contributed by atoms with Gasteiger partial charge < -0.3 is 4.74 Å². The van der Waals surface area contributed by atoms with Gasteiger partial charge in [-0.25, -0.2) is 0 Å². The third-order valence-corrected chi connectivity index (χ3v) is 10.8. The molecule has 3 heteroatoms. The summed E-state index contributed by atoms with van der Waals surface area (Å²) in [5, 5.41) is 3.42. The molecule has 3 saturated carbocycles. The zero-order valence-corrected chi connectivity index (χ0v) is 21.1. The monoisotopic (exact) mass is 429 g/mol. The van der Waals surface area contributed by atoms with Gasteiger partial charge in [0.2, 0.25) is 0 Å². The van der Waals surface area contributed by atoms with E-state index in [9.17, 15) is 4.91 Å². The molecule has 4 aliphatic carbocycles. The van der Waals surface area contributed by atoms with Gasteiger partial charge in [0, 0.05) is 0 Å². The molecule has 0 radical (unpaired) electrons. The van der Waals surface area contributed by atoms with Crippen molar-refractivity contribution in [1.29, 1.82) is 0 Å². The first-order valence-corrected chi connectivity index (χ1v) is 13.4. The Morgan fingerprint density at radius 2 is 1.77 bits per heavy atom. The van der Waals surface area contributed by atoms with E-state index in [1.54, 1.807) is 7.11 Å². The molecular weight excluding hydrogens is 382 g/mol. The van der Waals surface area contributed by atoms with Gasteiger partial charge in [0.15, 0.2) is 0 Å². The Hall–Kier alpha value is -0.860. The third-order valence-electron chi connectivity index (χ3n) is 10.8. The lowest BCUT2D eigenvalue weighted by Gasteiger charge is -2.59. The summed E-state index contributed by atoms with van der Waals surface area (Å²) in [5.74, 6) is 6.07. The van der Waals surface area contributed by atoms with Crippen molar-refractivity contribution < 1.29 is 4.74 Å². The number of fused-ring (bicyclic) bond motifs is 5. The maximum absolute atomic E-state index is 11.4. The molecule has 0 aromatic rings. The standard InChI is InChI=1S/C28H47NO2/c1-18(2)8-7-9-19(3)21-12-13-22-20-10-11-24-26(31-6)25(29-30)15-17-28(24,5)23(20)14-16-27(21,22)4/h18-23,25H,7-17H2,1-6H3/t19-,20+,21-,22+,23+,25?,27-,28-/m1/s1. The summed E-state index contributed by atoms with van der Waals surface area (Å²) in [4.78, 5) is 11.4. The summed E-state index contributed by atoms with van der Waals surface area (Å²) in [6.45, 7) is 12.5. The quantitative estimate of drug-likeness (QED) is 0.383. The molecular formula is C28H47NO2. The van der Waals surface area contributed by atoms with Crippen LogP contribution in [0.4, 0.5) is 0 Å². The van der Waals surface area contributed by atoms with Gasteiger partial charge in [-0.05, 0) is 103 Å². The summed E-state index contributed by atoms with van der Waals surface area (Å²) < 4.78 is 5.80. The van der Waals surface area contributed by atoms with E-state index in [4.69, 9.17) is 4.74 Å². The molecule has 0 amide bonds. The largest absolute Gasteiger partial charge is 0.499 e. The maximum Gasteiger partial charge on any atom is 0.149 e. The first-order valence-electron chi connectivity index (χ1n) is 13.4. The zero-order chi connectivity index (χ0) is 22.4. The summed E-state index contributed by atoms with van der Waals surface area (Å²) >= 11 is 0. The van der Waals surface area contributed by atoms with E-state index in [0.717, 1.165) is 60.5 Å². The Labute approximate surface area is 191 Å². The number of rotatable bonds is 7. The maximum atomic E-state index is 11.4. The normalized spacial score (nSPS) is 43.3. The Morgan fingerprint density at radius 3 is 2.45 bits per heavy atom. The molecule has 3 fully saturated rings. The summed E-state index contributed by atoms with van der Waals surface area (Å²) in [6, 6.07) is -0.249. The van der Waals surface area contributed by atoms with Gasteiger partial charge in [0.1, 0.15) is 11.8 Å². The van der Waals surface area contributed by atoms with Crippen LogP contribution in [0.3, 0.4) is 0 Å². The van der Waals surface area contributed by atoms with E-state index in [1.165, 1.54) is 56.9 Å². The van der Waals surface area contributed by atoms with Crippen LogP contribution in [0.25, 0.3) is 0 Å². The highest BCUT2D eigenvalue weighted by Crippen LogP contribution is 2.68. The molecule has 0 aliphatic heterocycles. The highest BCUT2D eigenvalue weighted by atomic mass is 16.5. The van der Waals surface area contributed by atoms with Crippen LogP contribution in [-0.4, -0.2) is 13.2 Å². The molecule has 3 nitrogen and oxygen atoms in total. The van der Waals surface area contributed by atoms with Gasteiger partial charge >= 0.3 is 0 Å². The first kappa shape index (κ1) is 23.3. The predicted molar refractivity (Wildman–Crippen MR) is 129 cm³/mol. The SMILES string of the molecule is COC1=C2CC[C@H]3[C@@H]4CC[C@H]([C@H](C)CCCC(C)C)[C@@]4(C)CC[C@@H]3[C@@]2(C)CCC1N=O. The van der Waals surface area contributed by atoms with E-state index < -0.39 is 0 Å². The fourth-order valence-electron chi connectivity index (χ4n) is 9.20. The molecule has 0 heterocycles. The van der Waals surface area contributed by atoms with Gasteiger partial charge in [-0.15, -0.1) is 0 Å². The second-order valence-corrected chi connectivity index (χ2v) is 12.6. The number of nitroso groups, excluding NO2 is 1. The van der Waals surface area contributed by atoms with Crippen LogP contribution in [0.5, 0.6) is 0 Å². The van der Waals surface area contributed by atoms with Crippen LogP contribution < -0.4 is 0 Å². The van der Waals surface area contributed by atoms with Crippen LogP contribution >= 0.6 is 0 Å². The summed E-state index contributed by atoms with van der Waals surface area (Å²) in [7, 11) is 1.75. The van der Waals surface area contributed by atoms with Crippen molar-refractivity contribution in [3.8, 4) is 0 Å². The van der Waals surface area contributed by atoms with E-state index in [0.29, 0.717) is 5.41 Å². The minimum Gasteiger partial charge on any atom is -0.499 e. The first-order chi connectivity index (χ1) is 14.8. The van der Waals surface area contributed by atoms with Gasteiger partial charge in [-0.1, -0.05) is 59.1 Å². The second-order valence-electron chi connectivity index (χ2n) is 12.6. The fraction of sp³-hybridized carbons (Fsp3) is 0.929. The number of allylic oxidation sites excluding steroid dienone is 1. The minimum atomic E-state index is -0.249. The molecule has 4 rings (SSSR count). The molecule has 176 valence electrons. The summed E-state index contributed by atoms with van der Waals surface area (Å²) in [6.07, 6.45) is 14.3. The fourth-order valence-corrected chi connectivity index (χ4v) is 9.20. The second kappa shape index (κ2) is 8.82. The van der Waals surface area contributed by atoms with Crippen molar-refractivity contribution in [3.05, 3.63) is 16.2 Å². The number of ether oxygens (including phenoxy) is 1. The van der Waals surface area contributed by atoms with Crippen LogP contribution in [0, 0.1) is 51.2 Å². The average molecular weight is 430 g/mol. The van der Waals surface area contributed by atoms with Crippen LogP contribution in [0.15, 0.2) is 16.5 Å². The topological polar surface area (TPSA) is 38.7 Å². The highest BCUT2D eigenvalue weighted by molar-refractivity contribution is 5.30. The summed E-state index contributed by atoms with van der Waals surface area (Å²) in [5.41, 5.74) is 2.21. The van der Waals surface area contributed by atoms with Crippen LogP contribution in [0.2, 0.25) is 0 Å². The predicted octanol–water partition coefficient (Wildman–Crippen LogP) is 8.14. The molecule has 1 unspecified atom stereocenters. The zero-order valence-electron chi connectivity index (χ0n) is 21.1. The lowest BCUT2D eigenvalue weighted by atomic mass is 9.46. The van der Waals surface area contributed by atoms with Crippen molar-refractivity contribution in [1.82, 2.24) is 0 Å². The smallest absolute Gasteiger partial charge is 0.149 e. The van der Waals surface area contributed by atoms with Crippen molar-refractivity contribution in [2.75, 3.05) is 7.11 Å². The Balaban J connectivity index is 1.53. The van der Waals surface area contributed by atoms with Crippen LogP contribution in [0.1, 0.15) is 105 Å². The van der Waals surface area contributed by atoms with Crippen molar-refractivity contribution in [2.24, 2.45) is 51.5 Å². The van der Waals surface area contributed by atoms with E-state index in [-0.39, 0.29) is 11.5 Å². The molecule has 0 aromatic heterocycles. The minimum absolute atomic E-state index is 0.220. The Bertz CT molecular complexity index is 699. The molecule has 8 atom stereocenters. The number of methoxy groups -OCH3 is 1. The molecule has 31 heavy (non-hydrogen) atoms. The van der Waals surface area contributed by atoms with E-state index >= 15 is 0 Å². The van der Waals surface area contributed by atoms with Crippen molar-refractivity contribution in [3.63, 3.8) is 0 Å².